The number of rotatable bonds is 11. The van der Waals surface area contributed by atoms with Gasteiger partial charge >= 0.3 is 0 Å². The van der Waals surface area contributed by atoms with E-state index >= 15 is 0 Å². The molecule has 0 N–H and O–H groups in total. The Morgan fingerprint density at radius 2 is 1.62 bits per heavy atom. The third-order valence-corrected chi connectivity index (χ3v) is 7.43. The molecule has 4 rings (SSSR count). The lowest BCUT2D eigenvalue weighted by molar-refractivity contribution is -0.384. The molecule has 208 valence electrons. The van der Waals surface area contributed by atoms with Crippen molar-refractivity contribution in [1.82, 2.24) is 0 Å². The molecule has 3 aromatic carbocycles. The van der Waals surface area contributed by atoms with E-state index in [1.54, 1.807) is 23.1 Å². The van der Waals surface area contributed by atoms with Crippen molar-refractivity contribution >= 4 is 35.0 Å². The molecule has 1 heterocycles. The first kappa shape index (κ1) is 28.7. The SMILES string of the molecule is CCCCCCCC(=O)N(c1ccccc1)[C@H]1C[C@@H](C)N(C(=O)/C=C/c2ccc([N+](=O)[O-])cc2)c2ccccc21. The fourth-order valence-electron chi connectivity index (χ4n) is 5.40. The molecule has 1 aliphatic rings. The number of hydrogen-bond donors (Lipinski definition) is 0. The zero-order valence-electron chi connectivity index (χ0n) is 23.2. The van der Waals surface area contributed by atoms with Crippen molar-refractivity contribution in [2.75, 3.05) is 9.80 Å². The first-order valence-corrected chi connectivity index (χ1v) is 14.1. The summed E-state index contributed by atoms with van der Waals surface area (Å²) in [6.07, 6.45) is 9.68. The molecule has 0 aliphatic carbocycles. The Morgan fingerprint density at radius 3 is 2.33 bits per heavy atom. The van der Waals surface area contributed by atoms with E-state index in [-0.39, 0.29) is 29.6 Å². The van der Waals surface area contributed by atoms with Crippen LogP contribution in [0.3, 0.4) is 0 Å². The van der Waals surface area contributed by atoms with Gasteiger partial charge in [0.25, 0.3) is 11.6 Å². The number of nitrogens with zero attached hydrogens (tertiary/aromatic N) is 3. The molecular formula is C33H37N3O4. The monoisotopic (exact) mass is 539 g/mol. The number of non-ortho nitro benzene ring substituents is 1. The summed E-state index contributed by atoms with van der Waals surface area (Å²) in [5.74, 6) is -0.0715. The number of hydrogen-bond acceptors (Lipinski definition) is 4. The average Bonchev–Trinajstić information content (AvgIpc) is 2.97. The van der Waals surface area contributed by atoms with Crippen LogP contribution < -0.4 is 9.80 Å². The van der Waals surface area contributed by atoms with Gasteiger partial charge in [-0.1, -0.05) is 69.0 Å². The minimum Gasteiger partial charge on any atom is -0.306 e. The van der Waals surface area contributed by atoms with Crippen LogP contribution in [0.2, 0.25) is 0 Å². The van der Waals surface area contributed by atoms with Gasteiger partial charge in [0.15, 0.2) is 0 Å². The highest BCUT2D eigenvalue weighted by Gasteiger charge is 2.37. The summed E-state index contributed by atoms with van der Waals surface area (Å²) in [5, 5.41) is 10.9. The third-order valence-electron chi connectivity index (χ3n) is 7.43. The van der Waals surface area contributed by atoms with Crippen molar-refractivity contribution in [2.24, 2.45) is 0 Å². The molecule has 40 heavy (non-hydrogen) atoms. The number of fused-ring (bicyclic) bond motifs is 1. The van der Waals surface area contributed by atoms with Crippen molar-refractivity contribution < 1.29 is 14.5 Å². The van der Waals surface area contributed by atoms with E-state index in [9.17, 15) is 19.7 Å². The average molecular weight is 540 g/mol. The Labute approximate surface area is 236 Å². The molecule has 0 aromatic heterocycles. The van der Waals surface area contributed by atoms with Crippen LogP contribution >= 0.6 is 0 Å². The van der Waals surface area contributed by atoms with Gasteiger partial charge in [0.2, 0.25) is 5.91 Å². The Bertz CT molecular complexity index is 1340. The van der Waals surface area contributed by atoms with Gasteiger partial charge in [0, 0.05) is 42.0 Å². The van der Waals surface area contributed by atoms with Crippen LogP contribution in [0.1, 0.15) is 76.0 Å². The first-order valence-electron chi connectivity index (χ1n) is 14.1. The predicted molar refractivity (Wildman–Crippen MR) is 160 cm³/mol. The molecule has 1 aliphatic heterocycles. The standard InChI is InChI=1S/C33H37N3O4/c1-3-4-5-6-10-17-32(37)35(27-13-8-7-9-14-27)31-24-25(2)34(30-16-12-11-15-29(30)31)33(38)23-20-26-18-21-28(22-19-26)36(39)40/h7-9,11-16,18-23,25,31H,3-6,10,17,24H2,1-2H3/b23-20+/t25-,31+/m1/s1. The van der Waals surface area contributed by atoms with Crippen molar-refractivity contribution in [3.63, 3.8) is 0 Å². The van der Waals surface area contributed by atoms with Crippen LogP contribution in [0.15, 0.2) is 84.9 Å². The van der Waals surface area contributed by atoms with Gasteiger partial charge in [-0.2, -0.15) is 0 Å². The summed E-state index contributed by atoms with van der Waals surface area (Å²) >= 11 is 0. The topological polar surface area (TPSA) is 83.8 Å². The highest BCUT2D eigenvalue weighted by molar-refractivity contribution is 6.05. The van der Waals surface area contributed by atoms with Gasteiger partial charge in [-0.25, -0.2) is 0 Å². The third kappa shape index (κ3) is 6.84. The van der Waals surface area contributed by atoms with E-state index in [2.05, 4.69) is 6.92 Å². The zero-order chi connectivity index (χ0) is 28.5. The van der Waals surface area contributed by atoms with Crippen LogP contribution in [0.5, 0.6) is 0 Å². The number of carbonyl (C=O) groups excluding carboxylic acids is 2. The smallest absolute Gasteiger partial charge is 0.269 e. The number of amides is 2. The fraction of sp³-hybridized carbons (Fsp3) is 0.333. The molecule has 2 amide bonds. The second kappa shape index (κ2) is 13.7. The molecule has 2 atom stereocenters. The van der Waals surface area contributed by atoms with Gasteiger partial charge in [0.1, 0.15) is 0 Å². The van der Waals surface area contributed by atoms with Crippen LogP contribution in [0, 0.1) is 10.1 Å². The second-order valence-electron chi connectivity index (χ2n) is 10.3. The Kier molecular flexibility index (Phi) is 9.84. The Morgan fingerprint density at radius 1 is 0.950 bits per heavy atom. The van der Waals surface area contributed by atoms with Gasteiger partial charge in [-0.05, 0) is 67.3 Å². The van der Waals surface area contributed by atoms with Crippen LogP contribution in [-0.2, 0) is 9.59 Å². The number of unbranched alkanes of at least 4 members (excludes halogenated alkanes) is 4. The van der Waals surface area contributed by atoms with E-state index in [4.69, 9.17) is 0 Å². The van der Waals surface area contributed by atoms with Gasteiger partial charge < -0.3 is 9.80 Å². The van der Waals surface area contributed by atoms with Crippen LogP contribution in [0.25, 0.3) is 6.08 Å². The molecule has 0 saturated heterocycles. The summed E-state index contributed by atoms with van der Waals surface area (Å²) < 4.78 is 0. The van der Waals surface area contributed by atoms with Crippen molar-refractivity contribution in [3.8, 4) is 0 Å². The maximum atomic E-state index is 13.7. The summed E-state index contributed by atoms with van der Waals surface area (Å²) in [5.41, 5.74) is 3.31. The number of benzene rings is 3. The molecule has 7 heteroatoms. The zero-order valence-corrected chi connectivity index (χ0v) is 23.2. The normalized spacial score (nSPS) is 16.5. The predicted octanol–water partition coefficient (Wildman–Crippen LogP) is 7.87. The van der Waals surface area contributed by atoms with Crippen molar-refractivity contribution in [3.05, 3.63) is 106 Å². The number of anilines is 2. The van der Waals surface area contributed by atoms with Gasteiger partial charge in [-0.3, -0.25) is 19.7 Å². The lowest BCUT2D eigenvalue weighted by Crippen LogP contribution is -2.47. The molecule has 0 spiro atoms. The lowest BCUT2D eigenvalue weighted by atomic mass is 9.89. The van der Waals surface area contributed by atoms with Crippen molar-refractivity contribution in [2.45, 2.75) is 70.9 Å². The maximum Gasteiger partial charge on any atom is 0.269 e. The summed E-state index contributed by atoms with van der Waals surface area (Å²) in [6, 6.07) is 23.4. The molecule has 3 aromatic rings. The quantitative estimate of drug-likeness (QED) is 0.107. The van der Waals surface area contributed by atoms with Crippen molar-refractivity contribution in [1.29, 1.82) is 0 Å². The van der Waals surface area contributed by atoms with Crippen LogP contribution in [-0.4, -0.2) is 22.8 Å². The van der Waals surface area contributed by atoms with E-state index in [1.807, 2.05) is 66.4 Å². The van der Waals surface area contributed by atoms with E-state index in [0.29, 0.717) is 18.4 Å². The second-order valence-corrected chi connectivity index (χ2v) is 10.3. The fourth-order valence-corrected chi connectivity index (χ4v) is 5.40. The largest absolute Gasteiger partial charge is 0.306 e. The number of nitro groups is 1. The first-order chi connectivity index (χ1) is 19.4. The van der Waals surface area contributed by atoms with E-state index in [1.165, 1.54) is 31.1 Å². The van der Waals surface area contributed by atoms with E-state index in [0.717, 1.165) is 36.2 Å². The lowest BCUT2D eigenvalue weighted by Gasteiger charge is -2.43. The maximum absolute atomic E-state index is 13.7. The summed E-state index contributed by atoms with van der Waals surface area (Å²) in [6.45, 7) is 4.20. The minimum atomic E-state index is -0.447. The summed E-state index contributed by atoms with van der Waals surface area (Å²) in [4.78, 5) is 41.4. The van der Waals surface area contributed by atoms with Crippen LogP contribution in [0.4, 0.5) is 17.1 Å². The Hall–Kier alpha value is -4.26. The number of carbonyl (C=O) groups is 2. The highest BCUT2D eigenvalue weighted by Crippen LogP contribution is 2.42. The molecular weight excluding hydrogens is 502 g/mol. The summed E-state index contributed by atoms with van der Waals surface area (Å²) in [7, 11) is 0. The molecule has 0 saturated carbocycles. The minimum absolute atomic E-state index is 0.00609. The number of para-hydroxylation sites is 2. The Balaban J connectivity index is 1.60. The molecule has 0 bridgehead atoms. The molecule has 7 nitrogen and oxygen atoms in total. The number of nitro benzene ring substituents is 1. The molecule has 0 radical (unpaired) electrons. The highest BCUT2D eigenvalue weighted by atomic mass is 16.6. The van der Waals surface area contributed by atoms with Gasteiger partial charge in [0.05, 0.1) is 11.0 Å². The van der Waals surface area contributed by atoms with Gasteiger partial charge in [-0.15, -0.1) is 0 Å². The molecule has 0 fully saturated rings. The molecule has 0 unspecified atom stereocenters. The van der Waals surface area contributed by atoms with E-state index < -0.39 is 4.92 Å².